The van der Waals surface area contributed by atoms with Crippen LogP contribution in [0.5, 0.6) is 0 Å². The first-order valence-corrected chi connectivity index (χ1v) is 10.8. The van der Waals surface area contributed by atoms with Gasteiger partial charge >= 0.3 is 0 Å². The van der Waals surface area contributed by atoms with Crippen LogP contribution in [0.4, 0.5) is 5.69 Å². The fourth-order valence-electron chi connectivity index (χ4n) is 6.40. The third kappa shape index (κ3) is 1.96. The molecule has 148 valence electrons. The molecule has 1 heterocycles. The molecule has 1 saturated heterocycles. The molecule has 0 N–H and O–H groups in total. The normalized spacial score (nSPS) is 28.3. The monoisotopic (exact) mass is 413 g/mol. The molecule has 3 aliphatic carbocycles. The summed E-state index contributed by atoms with van der Waals surface area (Å²) in [6, 6.07) is 23.8. The van der Waals surface area contributed by atoms with Crippen molar-refractivity contribution in [3.05, 3.63) is 100 Å². The Morgan fingerprint density at radius 1 is 0.867 bits per heavy atom. The molecule has 0 radical (unpaired) electrons. The van der Waals surface area contributed by atoms with E-state index in [9.17, 15) is 9.59 Å². The Labute approximate surface area is 180 Å². The minimum absolute atomic E-state index is 0.101. The van der Waals surface area contributed by atoms with Crippen LogP contribution in [-0.4, -0.2) is 11.8 Å². The van der Waals surface area contributed by atoms with Crippen LogP contribution in [0.25, 0.3) is 0 Å². The Morgan fingerprint density at radius 3 is 2.10 bits per heavy atom. The number of carbonyl (C=O) groups excluding carboxylic acids is 2. The Hall–Kier alpha value is -2.91. The highest BCUT2D eigenvalue weighted by atomic mass is 35.5. The van der Waals surface area contributed by atoms with Crippen molar-refractivity contribution in [3.8, 4) is 0 Å². The Balaban J connectivity index is 1.65. The zero-order valence-corrected chi connectivity index (χ0v) is 17.3. The van der Waals surface area contributed by atoms with Crippen LogP contribution in [0.1, 0.15) is 41.5 Å². The topological polar surface area (TPSA) is 37.4 Å². The molecular formula is C26H20ClNO2. The molecule has 0 unspecified atom stereocenters. The van der Waals surface area contributed by atoms with Gasteiger partial charge in [0.2, 0.25) is 11.8 Å². The van der Waals surface area contributed by atoms with E-state index in [0.717, 1.165) is 6.42 Å². The number of nitrogens with zero attached hydrogens (tertiary/aromatic N) is 1. The van der Waals surface area contributed by atoms with E-state index in [2.05, 4.69) is 31.2 Å². The summed E-state index contributed by atoms with van der Waals surface area (Å²) in [6.45, 7) is 2.13. The van der Waals surface area contributed by atoms with Gasteiger partial charge in [0.05, 0.1) is 17.5 Å². The molecule has 0 saturated carbocycles. The van der Waals surface area contributed by atoms with Crippen LogP contribution < -0.4 is 4.90 Å². The van der Waals surface area contributed by atoms with Crippen molar-refractivity contribution in [1.29, 1.82) is 0 Å². The summed E-state index contributed by atoms with van der Waals surface area (Å²) in [5, 5.41) is 0.516. The molecule has 0 spiro atoms. The van der Waals surface area contributed by atoms with Gasteiger partial charge in [-0.05, 0) is 46.9 Å². The smallest absolute Gasteiger partial charge is 0.238 e. The van der Waals surface area contributed by atoms with E-state index in [-0.39, 0.29) is 23.7 Å². The van der Waals surface area contributed by atoms with E-state index in [0.29, 0.717) is 10.7 Å². The number of hydrogen-bond donors (Lipinski definition) is 0. The molecule has 3 aromatic carbocycles. The summed E-state index contributed by atoms with van der Waals surface area (Å²) in [4.78, 5) is 29.1. The standard InChI is InChI=1S/C26H20ClNO2/c1-2-26-19-12-5-3-10-17(19)21(18-11-4-6-13-20(18)26)22-23(26)25(30)28(24(22)29)16-9-7-8-15(27)14-16/h3-14,21-23H,2H2,1H3/t21?,22-,23-,26?/m1/s1. The van der Waals surface area contributed by atoms with E-state index in [1.807, 2.05) is 24.3 Å². The number of amides is 2. The second kappa shape index (κ2) is 6.05. The maximum Gasteiger partial charge on any atom is 0.238 e. The predicted octanol–water partition coefficient (Wildman–Crippen LogP) is 5.30. The molecule has 7 rings (SSSR count). The number of imide groups is 1. The van der Waals surface area contributed by atoms with E-state index >= 15 is 0 Å². The number of rotatable bonds is 2. The highest BCUT2D eigenvalue weighted by Crippen LogP contribution is 2.65. The summed E-state index contributed by atoms with van der Waals surface area (Å²) in [5.41, 5.74) is 4.85. The van der Waals surface area contributed by atoms with Gasteiger partial charge in [-0.3, -0.25) is 9.59 Å². The molecular weight excluding hydrogens is 394 g/mol. The van der Waals surface area contributed by atoms with E-state index in [1.165, 1.54) is 27.2 Å². The highest BCUT2D eigenvalue weighted by molar-refractivity contribution is 6.31. The lowest BCUT2D eigenvalue weighted by atomic mass is 9.46. The first-order valence-electron chi connectivity index (χ1n) is 10.4. The lowest BCUT2D eigenvalue weighted by Crippen LogP contribution is -2.53. The number of anilines is 1. The van der Waals surface area contributed by atoms with Crippen molar-refractivity contribution < 1.29 is 9.59 Å². The molecule has 3 aromatic rings. The van der Waals surface area contributed by atoms with Gasteiger partial charge in [-0.1, -0.05) is 73.1 Å². The average molecular weight is 414 g/mol. The molecule has 1 aliphatic heterocycles. The van der Waals surface area contributed by atoms with Gasteiger partial charge in [0.25, 0.3) is 0 Å². The van der Waals surface area contributed by atoms with Crippen molar-refractivity contribution >= 4 is 29.1 Å². The lowest BCUT2D eigenvalue weighted by Gasteiger charge is -2.54. The van der Waals surface area contributed by atoms with Gasteiger partial charge in [0, 0.05) is 16.4 Å². The fraction of sp³-hybridized carbons (Fsp3) is 0.231. The summed E-state index contributed by atoms with van der Waals surface area (Å²) in [5.74, 6) is -1.11. The van der Waals surface area contributed by atoms with Crippen molar-refractivity contribution in [2.45, 2.75) is 24.7 Å². The minimum atomic E-state index is -0.493. The third-order valence-corrected chi connectivity index (χ3v) is 7.65. The number of hydrogen-bond acceptors (Lipinski definition) is 2. The molecule has 2 bridgehead atoms. The molecule has 0 aromatic heterocycles. The van der Waals surface area contributed by atoms with E-state index in [1.54, 1.807) is 24.3 Å². The second-order valence-electron chi connectivity index (χ2n) is 8.47. The van der Waals surface area contributed by atoms with Crippen LogP contribution >= 0.6 is 11.6 Å². The quantitative estimate of drug-likeness (QED) is 0.534. The van der Waals surface area contributed by atoms with E-state index in [4.69, 9.17) is 11.6 Å². The first-order chi connectivity index (χ1) is 14.6. The Bertz CT molecular complexity index is 1190. The number of carbonyl (C=O) groups is 2. The molecule has 4 aliphatic rings. The zero-order chi connectivity index (χ0) is 20.6. The van der Waals surface area contributed by atoms with Gasteiger partial charge in [0.15, 0.2) is 0 Å². The van der Waals surface area contributed by atoms with Crippen LogP contribution in [0.2, 0.25) is 5.02 Å². The van der Waals surface area contributed by atoms with Crippen molar-refractivity contribution in [1.82, 2.24) is 0 Å². The minimum Gasteiger partial charge on any atom is -0.274 e. The van der Waals surface area contributed by atoms with Gasteiger partial charge in [-0.25, -0.2) is 4.90 Å². The summed E-state index contributed by atoms with van der Waals surface area (Å²) in [6.07, 6.45) is 0.761. The maximum absolute atomic E-state index is 13.9. The summed E-state index contributed by atoms with van der Waals surface area (Å²) >= 11 is 6.19. The predicted molar refractivity (Wildman–Crippen MR) is 117 cm³/mol. The Kier molecular flexibility index (Phi) is 3.61. The average Bonchev–Trinajstić information content (AvgIpc) is 3.05. The van der Waals surface area contributed by atoms with Crippen LogP contribution in [-0.2, 0) is 15.0 Å². The first kappa shape index (κ1) is 17.9. The second-order valence-corrected chi connectivity index (χ2v) is 8.91. The third-order valence-electron chi connectivity index (χ3n) is 7.42. The van der Waals surface area contributed by atoms with Crippen molar-refractivity contribution in [2.75, 3.05) is 4.90 Å². The molecule has 4 heteroatoms. The SMILES string of the molecule is CCC12c3ccccc3C(c3ccccc31)[C@H]1C(=O)N(c3cccc(Cl)c3)C(=O)[C@@H]12. The van der Waals surface area contributed by atoms with E-state index < -0.39 is 11.3 Å². The van der Waals surface area contributed by atoms with Crippen molar-refractivity contribution in [2.24, 2.45) is 11.8 Å². The molecule has 1 fully saturated rings. The van der Waals surface area contributed by atoms with Gasteiger partial charge < -0.3 is 0 Å². The molecule has 2 amide bonds. The molecule has 3 nitrogen and oxygen atoms in total. The zero-order valence-electron chi connectivity index (χ0n) is 16.5. The van der Waals surface area contributed by atoms with Gasteiger partial charge in [-0.2, -0.15) is 0 Å². The lowest BCUT2D eigenvalue weighted by molar-refractivity contribution is -0.123. The van der Waals surface area contributed by atoms with Gasteiger partial charge in [0.1, 0.15) is 0 Å². The summed E-state index contributed by atoms with van der Waals surface area (Å²) < 4.78 is 0. The Morgan fingerprint density at radius 2 is 1.50 bits per heavy atom. The molecule has 30 heavy (non-hydrogen) atoms. The fourth-order valence-corrected chi connectivity index (χ4v) is 6.58. The maximum atomic E-state index is 13.9. The van der Waals surface area contributed by atoms with Crippen molar-refractivity contribution in [3.63, 3.8) is 0 Å². The number of benzene rings is 3. The van der Waals surface area contributed by atoms with Crippen LogP contribution in [0.15, 0.2) is 72.8 Å². The number of halogens is 1. The van der Waals surface area contributed by atoms with Crippen LogP contribution in [0.3, 0.4) is 0 Å². The summed E-state index contributed by atoms with van der Waals surface area (Å²) in [7, 11) is 0. The van der Waals surface area contributed by atoms with Gasteiger partial charge in [-0.15, -0.1) is 0 Å². The highest BCUT2D eigenvalue weighted by Gasteiger charge is 2.67. The van der Waals surface area contributed by atoms with Crippen LogP contribution in [0, 0.1) is 11.8 Å². The molecule has 2 atom stereocenters. The largest absolute Gasteiger partial charge is 0.274 e.